The first-order valence-corrected chi connectivity index (χ1v) is 16.3. The summed E-state index contributed by atoms with van der Waals surface area (Å²) < 4.78 is 55.0. The van der Waals surface area contributed by atoms with Gasteiger partial charge in [0.2, 0.25) is 0 Å². The monoisotopic (exact) mass is 844 g/mol. The van der Waals surface area contributed by atoms with Crippen LogP contribution in [0.3, 0.4) is 0 Å². The molecule has 0 fully saturated rings. The van der Waals surface area contributed by atoms with Gasteiger partial charge < -0.3 is 14.0 Å². The summed E-state index contributed by atoms with van der Waals surface area (Å²) in [5, 5.41) is 1.76. The van der Waals surface area contributed by atoms with E-state index in [1.54, 1.807) is 6.07 Å². The minimum atomic E-state index is -2.60. The van der Waals surface area contributed by atoms with E-state index in [-0.39, 0.29) is 31.2 Å². The number of benzene rings is 6. The Hall–Kier alpha value is -5.61. The summed E-state index contributed by atoms with van der Waals surface area (Å²) in [6.07, 6.45) is 1.12. The van der Waals surface area contributed by atoms with E-state index in [1.165, 1.54) is 22.9 Å². The first-order valence-electron chi connectivity index (χ1n) is 19.3. The molecule has 51 heavy (non-hydrogen) atoms. The van der Waals surface area contributed by atoms with Gasteiger partial charge in [0, 0.05) is 45.6 Å². The smallest absolute Gasteiger partial charge is 0.121 e. The van der Waals surface area contributed by atoms with Crippen LogP contribution in [0.15, 0.2) is 144 Å². The van der Waals surface area contributed by atoms with Crippen molar-refractivity contribution >= 4 is 33.0 Å². The number of para-hydroxylation sites is 3. The maximum Gasteiger partial charge on any atom is 0.121 e. The van der Waals surface area contributed by atoms with Crippen molar-refractivity contribution in [1.82, 2.24) is 14.5 Å². The van der Waals surface area contributed by atoms with Crippen LogP contribution in [-0.4, -0.2) is 14.5 Å². The third-order valence-electron chi connectivity index (χ3n) is 8.87. The molecule has 0 aliphatic carbocycles. The first-order chi connectivity index (χ1) is 26.9. The number of aryl methyl sites for hydroxylation is 4. The van der Waals surface area contributed by atoms with Crippen LogP contribution < -0.4 is 0 Å². The minimum Gasteiger partial charge on any atom is -0.501 e. The van der Waals surface area contributed by atoms with Crippen LogP contribution >= 0.6 is 0 Å². The maximum atomic E-state index is 7.83. The minimum absolute atomic E-state index is 0. The Labute approximate surface area is 320 Å². The molecule has 251 valence electrons. The normalized spacial score (nSPS) is 13.2. The largest absolute Gasteiger partial charge is 0.501 e. The van der Waals surface area contributed by atoms with Crippen molar-refractivity contribution in [2.24, 2.45) is 0 Å². The molecule has 0 unspecified atom stereocenters. The molecule has 0 bridgehead atoms. The molecule has 0 aliphatic heterocycles. The summed E-state index contributed by atoms with van der Waals surface area (Å²) in [6.45, 7) is -0.892. The van der Waals surface area contributed by atoms with Gasteiger partial charge in [-0.05, 0) is 79.3 Å². The molecule has 0 atom stereocenters. The summed E-state index contributed by atoms with van der Waals surface area (Å²) in [6, 6.07) is 49.9. The van der Waals surface area contributed by atoms with Crippen LogP contribution in [0, 0.1) is 39.7 Å². The summed E-state index contributed by atoms with van der Waals surface area (Å²) in [4.78, 5) is 9.15. The van der Waals surface area contributed by atoms with Gasteiger partial charge in [0.05, 0.1) is 22.4 Å². The molecule has 5 heteroatoms. The fraction of sp³-hybridized carbons (Fsp3) is 0.0870. The number of hydrogen-bond acceptors (Lipinski definition) is 3. The molecule has 3 aromatic heterocycles. The quantitative estimate of drug-likeness (QED) is 0.166. The fourth-order valence-corrected chi connectivity index (χ4v) is 6.46. The summed E-state index contributed by atoms with van der Waals surface area (Å²) >= 11 is 0. The van der Waals surface area contributed by atoms with Crippen molar-refractivity contribution in [3.63, 3.8) is 0 Å². The van der Waals surface area contributed by atoms with Crippen molar-refractivity contribution < 1.29 is 32.7 Å². The van der Waals surface area contributed by atoms with Gasteiger partial charge in [0.25, 0.3) is 0 Å². The second-order valence-corrected chi connectivity index (χ2v) is 12.2. The molecule has 1 radical (unpaired) electrons. The van der Waals surface area contributed by atoms with E-state index < -0.39 is 13.7 Å². The predicted molar refractivity (Wildman–Crippen MR) is 206 cm³/mol. The number of aromatic nitrogens is 3. The first kappa shape index (κ1) is 27.2. The molecule has 0 saturated carbocycles. The van der Waals surface area contributed by atoms with Gasteiger partial charge >= 0.3 is 0 Å². The molecule has 9 rings (SSSR count). The average Bonchev–Trinajstić information content (AvgIpc) is 3.76. The van der Waals surface area contributed by atoms with Crippen LogP contribution in [0.1, 0.15) is 30.5 Å². The summed E-state index contributed by atoms with van der Waals surface area (Å²) in [5.41, 5.74) is 10.3. The van der Waals surface area contributed by atoms with Crippen LogP contribution in [0.25, 0.3) is 72.4 Å². The second-order valence-electron chi connectivity index (χ2n) is 12.2. The van der Waals surface area contributed by atoms with Crippen molar-refractivity contribution in [1.29, 1.82) is 0 Å². The molecular weight excluding hydrogens is 803 g/mol. The van der Waals surface area contributed by atoms with Gasteiger partial charge in [-0.3, -0.25) is 4.98 Å². The molecule has 0 saturated heterocycles. The number of imidazole rings is 1. The van der Waals surface area contributed by atoms with E-state index in [2.05, 4.69) is 78.0 Å². The van der Waals surface area contributed by atoms with Crippen LogP contribution in [-0.2, 0) is 20.1 Å². The molecule has 6 aromatic carbocycles. The molecule has 9 aromatic rings. The molecule has 0 N–H and O–H groups in total. The van der Waals surface area contributed by atoms with Gasteiger partial charge in [-0.2, -0.15) is 0 Å². The number of hydrogen-bond donors (Lipinski definition) is 0. The summed E-state index contributed by atoms with van der Waals surface area (Å²) in [7, 11) is 0. The Kier molecular flexibility index (Phi) is 7.63. The Balaban J connectivity index is 0.000000182. The Morgan fingerprint density at radius 3 is 2.24 bits per heavy atom. The van der Waals surface area contributed by atoms with E-state index in [0.29, 0.717) is 22.4 Å². The molecule has 4 nitrogen and oxygen atoms in total. The van der Waals surface area contributed by atoms with Gasteiger partial charge in [-0.15, -0.1) is 54.1 Å². The molecular formula is C46H35IrN3O-2. The Morgan fingerprint density at radius 1 is 0.667 bits per heavy atom. The van der Waals surface area contributed by atoms with Gasteiger partial charge in [0.15, 0.2) is 0 Å². The number of pyridine rings is 1. The van der Waals surface area contributed by atoms with E-state index in [9.17, 15) is 0 Å². The number of nitrogens with zero attached hydrogens (tertiary/aromatic N) is 3. The third kappa shape index (κ3) is 6.43. The van der Waals surface area contributed by atoms with E-state index in [4.69, 9.17) is 17.6 Å². The molecule has 3 heterocycles. The SMILES string of the molecule is Cc1cccc(C)c1-n1c(-c2[c-]cccc2)nc2ccccc21.[2H]C([2H])([2H])c1cnc(-c2[c-]ccc3c2oc2cc(-c4ccccc4)ccc23)cc1C([2H])([2H])[2H].[Ir]. The molecule has 0 amide bonds. The van der Waals surface area contributed by atoms with Gasteiger partial charge in [-0.1, -0.05) is 95.4 Å². The van der Waals surface area contributed by atoms with Gasteiger partial charge in [-0.25, -0.2) is 0 Å². The van der Waals surface area contributed by atoms with Gasteiger partial charge in [0.1, 0.15) is 5.58 Å². The van der Waals surface area contributed by atoms with Crippen molar-refractivity contribution in [3.05, 3.63) is 174 Å². The zero-order valence-corrected chi connectivity index (χ0v) is 30.3. The third-order valence-corrected chi connectivity index (χ3v) is 8.87. The average molecular weight is 844 g/mol. The van der Waals surface area contributed by atoms with E-state index in [0.717, 1.165) is 50.5 Å². The van der Waals surface area contributed by atoms with Crippen molar-refractivity contribution in [2.75, 3.05) is 0 Å². The fourth-order valence-electron chi connectivity index (χ4n) is 6.46. The van der Waals surface area contributed by atoms with Crippen LogP contribution in [0.5, 0.6) is 0 Å². The van der Waals surface area contributed by atoms with Crippen molar-refractivity contribution in [3.8, 4) is 39.5 Å². The Morgan fingerprint density at radius 2 is 1.45 bits per heavy atom. The van der Waals surface area contributed by atoms with Crippen LogP contribution in [0.2, 0.25) is 0 Å². The molecule has 0 spiro atoms. The zero-order valence-electron chi connectivity index (χ0n) is 33.9. The van der Waals surface area contributed by atoms with Crippen molar-refractivity contribution in [2.45, 2.75) is 27.6 Å². The maximum absolute atomic E-state index is 7.83. The number of fused-ring (bicyclic) bond motifs is 4. The molecule has 0 aliphatic rings. The standard InChI is InChI=1S/C25H18NO.C21H17N2.Ir/c1-16-13-23(26-15-17(16)2)22-10-6-9-21-20-12-11-19(14-24(20)27-25(21)22)18-7-4-3-5-8-18;1-15-9-8-10-16(2)20(15)23-19-14-7-6-13-18(19)22-21(23)17-11-4-3-5-12-17;/h3-9,11-15H,1-2H3;3-11,13-14H,1-2H3;/q2*-1;/i1D3,2D3;;. The Bertz CT molecular complexity index is 2840. The van der Waals surface area contributed by atoms with E-state index >= 15 is 0 Å². The summed E-state index contributed by atoms with van der Waals surface area (Å²) in [5.74, 6) is 0.934. The van der Waals surface area contributed by atoms with Crippen LogP contribution in [0.4, 0.5) is 0 Å². The number of rotatable bonds is 4. The zero-order chi connectivity index (χ0) is 39.2. The van der Waals surface area contributed by atoms with E-state index in [1.807, 2.05) is 78.9 Å². The predicted octanol–water partition coefficient (Wildman–Crippen LogP) is 11.8. The topological polar surface area (TPSA) is 43.9 Å². The number of furan rings is 1. The second kappa shape index (κ2) is 14.3.